The molecule has 1 amide bonds. The van der Waals surface area contributed by atoms with Crippen LogP contribution in [0.15, 0.2) is 66.8 Å². The van der Waals surface area contributed by atoms with E-state index < -0.39 is 29.8 Å². The second-order valence-corrected chi connectivity index (χ2v) is 8.21. The van der Waals surface area contributed by atoms with E-state index in [9.17, 15) is 18.0 Å². The molecule has 33 heavy (non-hydrogen) atoms. The van der Waals surface area contributed by atoms with Gasteiger partial charge in [-0.1, -0.05) is 48.6 Å². The number of amides is 1. The number of allylic oxidation sites excluding steroid dienone is 4. The van der Waals surface area contributed by atoms with Crippen molar-refractivity contribution in [3.05, 3.63) is 78.0 Å². The molecule has 4 rings (SSSR count). The van der Waals surface area contributed by atoms with Gasteiger partial charge in [-0.3, -0.25) is 4.79 Å². The van der Waals surface area contributed by atoms with Crippen molar-refractivity contribution in [2.45, 2.75) is 30.9 Å². The average molecular weight is 476 g/mol. The zero-order valence-electron chi connectivity index (χ0n) is 17.6. The van der Waals surface area contributed by atoms with Gasteiger partial charge in [0.25, 0.3) is 5.91 Å². The van der Waals surface area contributed by atoms with Crippen molar-refractivity contribution in [2.24, 2.45) is 0 Å². The van der Waals surface area contributed by atoms with Crippen LogP contribution in [0.2, 0.25) is 0 Å². The highest BCUT2D eigenvalue weighted by Gasteiger charge is 2.36. The monoisotopic (exact) mass is 475 g/mol. The van der Waals surface area contributed by atoms with Crippen LogP contribution in [0.5, 0.6) is 5.88 Å². The number of benzene rings is 2. The lowest BCUT2D eigenvalue weighted by molar-refractivity contribution is -0.141. The fourth-order valence-corrected chi connectivity index (χ4v) is 3.83. The maximum atomic E-state index is 13.2. The van der Waals surface area contributed by atoms with Crippen molar-refractivity contribution in [3.63, 3.8) is 0 Å². The first-order valence-corrected chi connectivity index (χ1v) is 10.8. The molecule has 9 heteroatoms. The molecule has 0 spiro atoms. The van der Waals surface area contributed by atoms with Crippen LogP contribution >= 0.6 is 11.6 Å². The Kier molecular flexibility index (Phi) is 6.47. The molecule has 0 saturated heterocycles. The van der Waals surface area contributed by atoms with E-state index in [0.29, 0.717) is 12.1 Å². The second kappa shape index (κ2) is 9.31. The summed E-state index contributed by atoms with van der Waals surface area (Å²) >= 11 is 6.26. The minimum absolute atomic E-state index is 0.206. The predicted octanol–water partition coefficient (Wildman–Crippen LogP) is 5.72. The Morgan fingerprint density at radius 3 is 2.73 bits per heavy atom. The third-order valence-corrected chi connectivity index (χ3v) is 5.68. The molecule has 2 aromatic carbocycles. The number of ether oxygens (including phenoxy) is 1. The minimum atomic E-state index is -4.66. The zero-order valence-corrected chi connectivity index (χ0v) is 18.4. The van der Waals surface area contributed by atoms with Crippen LogP contribution in [-0.2, 0) is 11.0 Å². The number of hydrogen-bond donors (Lipinski definition) is 1. The van der Waals surface area contributed by atoms with E-state index in [0.717, 1.165) is 27.1 Å². The fraction of sp³-hybridized carbons (Fsp3) is 0.250. The summed E-state index contributed by atoms with van der Waals surface area (Å²) in [5.74, 6) is -0.681. The first-order chi connectivity index (χ1) is 15.7. The molecule has 1 N–H and O–H groups in total. The molecule has 172 valence electrons. The highest BCUT2D eigenvalue weighted by Crippen LogP contribution is 2.34. The van der Waals surface area contributed by atoms with Gasteiger partial charge in [0.1, 0.15) is 0 Å². The molecule has 1 aliphatic carbocycles. The van der Waals surface area contributed by atoms with E-state index in [1.165, 1.54) is 0 Å². The zero-order chi connectivity index (χ0) is 23.6. The Labute approximate surface area is 193 Å². The van der Waals surface area contributed by atoms with Crippen LogP contribution in [-0.4, -0.2) is 27.7 Å². The third kappa shape index (κ3) is 5.22. The lowest BCUT2D eigenvalue weighted by Crippen LogP contribution is -2.31. The molecule has 0 saturated carbocycles. The van der Waals surface area contributed by atoms with Crippen molar-refractivity contribution in [2.75, 3.05) is 6.61 Å². The molecule has 2 atom stereocenters. The summed E-state index contributed by atoms with van der Waals surface area (Å²) in [5.41, 5.74) is 0.118. The number of aromatic nitrogens is 2. The average Bonchev–Trinajstić information content (AvgIpc) is 3.22. The first-order valence-electron chi connectivity index (χ1n) is 10.3. The summed E-state index contributed by atoms with van der Waals surface area (Å²) in [6, 6.07) is 14.2. The second-order valence-electron chi connectivity index (χ2n) is 7.68. The highest BCUT2D eigenvalue weighted by atomic mass is 35.5. The SMILES string of the molecule is C[C@@H](NC(=O)COc1cc(C(F)(F)F)nn1C1=CC=CCC1Cl)c1ccc2ccccc2c1. The molecule has 1 unspecified atom stereocenters. The molecule has 5 nitrogen and oxygen atoms in total. The predicted molar refractivity (Wildman–Crippen MR) is 121 cm³/mol. The summed E-state index contributed by atoms with van der Waals surface area (Å²) in [4.78, 5) is 12.5. The van der Waals surface area contributed by atoms with Crippen molar-refractivity contribution in [1.29, 1.82) is 0 Å². The van der Waals surface area contributed by atoms with Crippen molar-refractivity contribution in [1.82, 2.24) is 15.1 Å². The first kappa shape index (κ1) is 22.9. The Morgan fingerprint density at radius 2 is 2.00 bits per heavy atom. The standard InChI is InChI=1S/C24H21ClF3N3O2/c1-15(17-11-10-16-6-2-3-7-18(16)12-17)29-22(32)14-33-23-13-21(24(26,27)28)30-31(23)20-9-5-4-8-19(20)25/h2-7,9-13,15,19H,8,14H2,1H3,(H,29,32)/t15-,19?/m1/s1. The van der Waals surface area contributed by atoms with E-state index in [4.69, 9.17) is 16.3 Å². The molecule has 0 bridgehead atoms. The largest absolute Gasteiger partial charge is 0.467 e. The highest BCUT2D eigenvalue weighted by molar-refractivity contribution is 6.25. The van der Waals surface area contributed by atoms with Gasteiger partial charge in [0.05, 0.1) is 17.1 Å². The number of carbonyl (C=O) groups is 1. The van der Waals surface area contributed by atoms with Gasteiger partial charge < -0.3 is 10.1 Å². The topological polar surface area (TPSA) is 56.1 Å². The van der Waals surface area contributed by atoms with Gasteiger partial charge >= 0.3 is 6.18 Å². The summed E-state index contributed by atoms with van der Waals surface area (Å²) in [6.45, 7) is 1.35. The molecule has 1 heterocycles. The molecular weight excluding hydrogens is 455 g/mol. The van der Waals surface area contributed by atoms with E-state index in [-0.39, 0.29) is 11.9 Å². The van der Waals surface area contributed by atoms with Crippen LogP contribution in [0.3, 0.4) is 0 Å². The number of fused-ring (bicyclic) bond motifs is 1. The van der Waals surface area contributed by atoms with Gasteiger partial charge in [-0.2, -0.15) is 18.3 Å². The molecule has 1 aliphatic rings. The van der Waals surface area contributed by atoms with E-state index in [1.54, 1.807) is 18.2 Å². The van der Waals surface area contributed by atoms with Crippen LogP contribution in [0.4, 0.5) is 13.2 Å². The molecule has 0 aliphatic heterocycles. The van der Waals surface area contributed by atoms with Gasteiger partial charge in [-0.25, -0.2) is 4.68 Å². The fourth-order valence-electron chi connectivity index (χ4n) is 3.57. The molecule has 0 radical (unpaired) electrons. The van der Waals surface area contributed by atoms with Crippen molar-refractivity contribution >= 4 is 34.0 Å². The lowest BCUT2D eigenvalue weighted by Gasteiger charge is -2.18. The Morgan fingerprint density at radius 1 is 1.24 bits per heavy atom. The van der Waals surface area contributed by atoms with Crippen LogP contribution in [0.25, 0.3) is 16.5 Å². The van der Waals surface area contributed by atoms with Gasteiger partial charge in [0.2, 0.25) is 5.88 Å². The maximum Gasteiger partial charge on any atom is 0.435 e. The number of nitrogens with one attached hydrogen (secondary N) is 1. The smallest absolute Gasteiger partial charge is 0.435 e. The van der Waals surface area contributed by atoms with Crippen molar-refractivity contribution < 1.29 is 22.7 Å². The van der Waals surface area contributed by atoms with E-state index >= 15 is 0 Å². The van der Waals surface area contributed by atoms with E-state index in [2.05, 4.69) is 10.4 Å². The molecular formula is C24H21ClF3N3O2. The van der Waals surface area contributed by atoms with Crippen LogP contribution in [0.1, 0.15) is 30.6 Å². The van der Waals surface area contributed by atoms with Crippen LogP contribution < -0.4 is 10.1 Å². The third-order valence-electron chi connectivity index (χ3n) is 5.28. The summed E-state index contributed by atoms with van der Waals surface area (Å²) in [7, 11) is 0. The minimum Gasteiger partial charge on any atom is -0.467 e. The quantitative estimate of drug-likeness (QED) is 0.464. The normalized spacial score (nSPS) is 17.0. The lowest BCUT2D eigenvalue weighted by atomic mass is 10.0. The number of hydrogen-bond acceptors (Lipinski definition) is 3. The number of halogens is 4. The molecule has 0 fully saturated rings. The Hall–Kier alpha value is -3.26. The van der Waals surface area contributed by atoms with Gasteiger partial charge in [-0.05, 0) is 41.8 Å². The molecule has 3 aromatic rings. The molecule has 1 aromatic heterocycles. The number of alkyl halides is 4. The van der Waals surface area contributed by atoms with Gasteiger partial charge in [0.15, 0.2) is 12.3 Å². The number of nitrogens with zero attached hydrogens (tertiary/aromatic N) is 2. The van der Waals surface area contributed by atoms with E-state index in [1.807, 2.05) is 49.4 Å². The summed E-state index contributed by atoms with van der Waals surface area (Å²) in [5, 5.41) is 7.99. The Bertz CT molecular complexity index is 1230. The maximum absolute atomic E-state index is 13.2. The van der Waals surface area contributed by atoms with Gasteiger partial charge in [0, 0.05) is 6.07 Å². The van der Waals surface area contributed by atoms with Crippen molar-refractivity contribution in [3.8, 4) is 5.88 Å². The summed E-state index contributed by atoms with van der Waals surface area (Å²) < 4.78 is 46.2. The van der Waals surface area contributed by atoms with Gasteiger partial charge in [-0.15, -0.1) is 11.6 Å². The number of carbonyl (C=O) groups excluding carboxylic acids is 1. The number of rotatable bonds is 6. The Balaban J connectivity index is 1.47. The summed E-state index contributed by atoms with van der Waals surface area (Å²) in [6.07, 6.45) is 0.840. The van der Waals surface area contributed by atoms with Crippen LogP contribution in [0, 0.1) is 0 Å².